The molecule has 0 radical (unpaired) electrons. The van der Waals surface area contributed by atoms with Crippen LogP contribution in [0.2, 0.25) is 0 Å². The van der Waals surface area contributed by atoms with Gasteiger partial charge < -0.3 is 19.7 Å². The Labute approximate surface area is 120 Å². The van der Waals surface area contributed by atoms with Crippen molar-refractivity contribution in [3.8, 4) is 11.5 Å². The SMILES string of the molecule is CCOc1ccc(OCC)c(NC(=O)N(CC)CC)c1. The summed E-state index contributed by atoms with van der Waals surface area (Å²) in [5.41, 5.74) is 0.634. The maximum Gasteiger partial charge on any atom is 0.321 e. The van der Waals surface area contributed by atoms with Crippen molar-refractivity contribution in [3.05, 3.63) is 18.2 Å². The monoisotopic (exact) mass is 280 g/mol. The van der Waals surface area contributed by atoms with E-state index < -0.39 is 0 Å². The van der Waals surface area contributed by atoms with E-state index >= 15 is 0 Å². The van der Waals surface area contributed by atoms with Crippen LogP contribution in [-0.4, -0.2) is 37.2 Å². The van der Waals surface area contributed by atoms with Gasteiger partial charge in [0.2, 0.25) is 0 Å². The Hall–Kier alpha value is -1.91. The number of rotatable bonds is 7. The van der Waals surface area contributed by atoms with Gasteiger partial charge in [0.1, 0.15) is 11.5 Å². The molecule has 0 saturated heterocycles. The van der Waals surface area contributed by atoms with Crippen LogP contribution in [0.4, 0.5) is 10.5 Å². The van der Waals surface area contributed by atoms with Crippen molar-refractivity contribution >= 4 is 11.7 Å². The van der Waals surface area contributed by atoms with Crippen molar-refractivity contribution in [1.82, 2.24) is 4.90 Å². The third-order valence-corrected chi connectivity index (χ3v) is 2.85. The zero-order valence-corrected chi connectivity index (χ0v) is 12.7. The molecule has 0 aliphatic heterocycles. The van der Waals surface area contributed by atoms with Gasteiger partial charge in [-0.2, -0.15) is 0 Å². The fraction of sp³-hybridized carbons (Fsp3) is 0.533. The standard InChI is InChI=1S/C15H24N2O3/c1-5-17(6-2)15(18)16-13-11-12(19-7-3)9-10-14(13)20-8-4/h9-11H,5-8H2,1-4H3,(H,16,18). The van der Waals surface area contributed by atoms with E-state index in [9.17, 15) is 4.79 Å². The van der Waals surface area contributed by atoms with E-state index in [1.54, 1.807) is 11.0 Å². The predicted octanol–water partition coefficient (Wildman–Crippen LogP) is 3.36. The van der Waals surface area contributed by atoms with Gasteiger partial charge in [0.15, 0.2) is 0 Å². The number of anilines is 1. The molecule has 5 nitrogen and oxygen atoms in total. The lowest BCUT2D eigenvalue weighted by molar-refractivity contribution is 0.217. The lowest BCUT2D eigenvalue weighted by Crippen LogP contribution is -2.34. The number of hydrogen-bond acceptors (Lipinski definition) is 3. The quantitative estimate of drug-likeness (QED) is 0.833. The van der Waals surface area contributed by atoms with E-state index in [0.717, 1.165) is 0 Å². The van der Waals surface area contributed by atoms with E-state index in [2.05, 4.69) is 5.32 Å². The molecule has 0 spiro atoms. The summed E-state index contributed by atoms with van der Waals surface area (Å²) >= 11 is 0. The fourth-order valence-corrected chi connectivity index (χ4v) is 1.85. The number of amides is 2. The summed E-state index contributed by atoms with van der Waals surface area (Å²) in [5.74, 6) is 1.36. The minimum Gasteiger partial charge on any atom is -0.494 e. The first-order chi connectivity index (χ1) is 9.65. The van der Waals surface area contributed by atoms with Gasteiger partial charge >= 0.3 is 6.03 Å². The molecule has 0 bridgehead atoms. The Morgan fingerprint density at radius 2 is 1.75 bits per heavy atom. The topological polar surface area (TPSA) is 50.8 Å². The third kappa shape index (κ3) is 4.33. The Morgan fingerprint density at radius 1 is 1.10 bits per heavy atom. The minimum absolute atomic E-state index is 0.135. The molecule has 20 heavy (non-hydrogen) atoms. The lowest BCUT2D eigenvalue weighted by atomic mass is 10.2. The first-order valence-corrected chi connectivity index (χ1v) is 7.11. The van der Waals surface area contributed by atoms with Crippen LogP contribution in [-0.2, 0) is 0 Å². The number of ether oxygens (including phenoxy) is 2. The molecule has 0 aromatic heterocycles. The Balaban J connectivity index is 2.93. The fourth-order valence-electron chi connectivity index (χ4n) is 1.85. The van der Waals surface area contributed by atoms with Crippen LogP contribution < -0.4 is 14.8 Å². The molecule has 1 aromatic rings. The number of carbonyl (C=O) groups is 1. The molecule has 0 unspecified atom stereocenters. The highest BCUT2D eigenvalue weighted by Gasteiger charge is 2.13. The van der Waals surface area contributed by atoms with Gasteiger partial charge in [0.25, 0.3) is 0 Å². The number of hydrogen-bond donors (Lipinski definition) is 1. The van der Waals surface area contributed by atoms with Crippen LogP contribution in [0.3, 0.4) is 0 Å². The molecular weight excluding hydrogens is 256 g/mol. The van der Waals surface area contributed by atoms with Crippen molar-refractivity contribution in [3.63, 3.8) is 0 Å². The Bertz CT molecular complexity index is 431. The first-order valence-electron chi connectivity index (χ1n) is 7.11. The summed E-state index contributed by atoms with van der Waals surface area (Å²) in [6, 6.07) is 5.30. The van der Waals surface area contributed by atoms with Gasteiger partial charge in [-0.3, -0.25) is 0 Å². The molecule has 1 N–H and O–H groups in total. The molecule has 0 saturated carbocycles. The van der Waals surface area contributed by atoms with E-state index in [1.807, 2.05) is 39.8 Å². The lowest BCUT2D eigenvalue weighted by Gasteiger charge is -2.20. The molecule has 0 atom stereocenters. The van der Waals surface area contributed by atoms with Crippen LogP contribution in [0.1, 0.15) is 27.7 Å². The van der Waals surface area contributed by atoms with Crippen molar-refractivity contribution in [2.75, 3.05) is 31.6 Å². The van der Waals surface area contributed by atoms with Gasteiger partial charge in [0, 0.05) is 19.2 Å². The van der Waals surface area contributed by atoms with Crippen LogP contribution in [0.25, 0.3) is 0 Å². The average molecular weight is 280 g/mol. The number of benzene rings is 1. The average Bonchev–Trinajstić information content (AvgIpc) is 2.43. The highest BCUT2D eigenvalue weighted by atomic mass is 16.5. The maximum absolute atomic E-state index is 12.1. The maximum atomic E-state index is 12.1. The van der Waals surface area contributed by atoms with Gasteiger partial charge in [-0.1, -0.05) is 0 Å². The van der Waals surface area contributed by atoms with Crippen LogP contribution >= 0.6 is 0 Å². The zero-order chi connectivity index (χ0) is 15.0. The highest BCUT2D eigenvalue weighted by molar-refractivity contribution is 5.91. The van der Waals surface area contributed by atoms with Gasteiger partial charge in [-0.15, -0.1) is 0 Å². The van der Waals surface area contributed by atoms with Crippen molar-refractivity contribution in [2.45, 2.75) is 27.7 Å². The second kappa shape index (κ2) is 8.30. The zero-order valence-electron chi connectivity index (χ0n) is 12.7. The number of urea groups is 1. The molecule has 0 aliphatic carbocycles. The third-order valence-electron chi connectivity index (χ3n) is 2.85. The van der Waals surface area contributed by atoms with Gasteiger partial charge in [0.05, 0.1) is 18.9 Å². The second-order valence-corrected chi connectivity index (χ2v) is 4.13. The van der Waals surface area contributed by atoms with Crippen molar-refractivity contribution < 1.29 is 14.3 Å². The Kier molecular flexibility index (Phi) is 6.70. The van der Waals surface area contributed by atoms with Crippen molar-refractivity contribution in [1.29, 1.82) is 0 Å². The molecule has 112 valence electrons. The second-order valence-electron chi connectivity index (χ2n) is 4.13. The molecule has 5 heteroatoms. The van der Waals surface area contributed by atoms with E-state index in [-0.39, 0.29) is 6.03 Å². The summed E-state index contributed by atoms with van der Waals surface area (Å²) in [5, 5.41) is 2.88. The molecule has 0 fully saturated rings. The van der Waals surface area contributed by atoms with Crippen molar-refractivity contribution in [2.24, 2.45) is 0 Å². The summed E-state index contributed by atoms with van der Waals surface area (Å²) in [4.78, 5) is 13.8. The summed E-state index contributed by atoms with van der Waals surface area (Å²) in [6.07, 6.45) is 0. The van der Waals surface area contributed by atoms with Gasteiger partial charge in [-0.05, 0) is 39.8 Å². The first kappa shape index (κ1) is 16.1. The van der Waals surface area contributed by atoms with E-state index in [1.165, 1.54) is 0 Å². The molecule has 0 heterocycles. The summed E-state index contributed by atoms with van der Waals surface area (Å²) in [6.45, 7) is 10.2. The van der Waals surface area contributed by atoms with Crippen LogP contribution in [0.5, 0.6) is 11.5 Å². The largest absolute Gasteiger partial charge is 0.494 e. The van der Waals surface area contributed by atoms with Crippen LogP contribution in [0.15, 0.2) is 18.2 Å². The molecule has 1 aromatic carbocycles. The van der Waals surface area contributed by atoms with E-state index in [0.29, 0.717) is 43.5 Å². The summed E-state index contributed by atoms with van der Waals surface area (Å²) < 4.78 is 11.0. The minimum atomic E-state index is -0.135. The number of nitrogens with one attached hydrogen (secondary N) is 1. The number of carbonyl (C=O) groups excluding carboxylic acids is 1. The molecule has 2 amide bonds. The number of nitrogens with zero attached hydrogens (tertiary/aromatic N) is 1. The molecular formula is C15H24N2O3. The van der Waals surface area contributed by atoms with Crippen LogP contribution in [0, 0.1) is 0 Å². The normalized spacial score (nSPS) is 10.0. The summed E-state index contributed by atoms with van der Waals surface area (Å²) in [7, 11) is 0. The smallest absolute Gasteiger partial charge is 0.321 e. The highest BCUT2D eigenvalue weighted by Crippen LogP contribution is 2.29. The van der Waals surface area contributed by atoms with Gasteiger partial charge in [-0.25, -0.2) is 4.79 Å². The predicted molar refractivity (Wildman–Crippen MR) is 80.7 cm³/mol. The molecule has 0 aliphatic rings. The Morgan fingerprint density at radius 3 is 2.30 bits per heavy atom. The molecule has 1 rings (SSSR count). The van der Waals surface area contributed by atoms with E-state index in [4.69, 9.17) is 9.47 Å².